The lowest BCUT2D eigenvalue weighted by Gasteiger charge is -2.19. The molecule has 0 aliphatic carbocycles. The van der Waals surface area contributed by atoms with Gasteiger partial charge < -0.3 is 14.9 Å². The van der Waals surface area contributed by atoms with Crippen molar-refractivity contribution in [1.29, 1.82) is 5.41 Å². The molecule has 0 saturated carbocycles. The van der Waals surface area contributed by atoms with E-state index >= 15 is 0 Å². The van der Waals surface area contributed by atoms with Crippen molar-refractivity contribution in [1.82, 2.24) is 0 Å². The van der Waals surface area contributed by atoms with E-state index in [4.69, 9.17) is 9.83 Å². The van der Waals surface area contributed by atoms with Crippen LogP contribution >= 0.6 is 0 Å². The molecule has 1 heterocycles. The third kappa shape index (κ3) is 4.66. The van der Waals surface area contributed by atoms with Crippen LogP contribution in [0.1, 0.15) is 45.5 Å². The number of fused-ring (bicyclic) bond motifs is 1. The average molecular weight is 493 g/mol. The van der Waals surface area contributed by atoms with Gasteiger partial charge >= 0.3 is 12.1 Å². The molecular weight excluding hydrogens is 471 g/mol. The standard InChI is InChI=1S/C28H22F3NO4/c1-15-12-20(16(2)22(32)14-18-10-6-7-11-19(18)27(34)35)26-21(13-15)24(33)23(28(29,30)31)25(36-26)17-8-4-3-5-9-17/h3-13,16,32H,14H2,1-2H3,(H,34,35)/t16-/m1/s1. The van der Waals surface area contributed by atoms with Crippen LogP contribution in [0.15, 0.2) is 75.9 Å². The number of aromatic carboxylic acids is 1. The fourth-order valence-corrected chi connectivity index (χ4v) is 4.28. The number of carbonyl (C=O) groups is 1. The van der Waals surface area contributed by atoms with Gasteiger partial charge in [-0.2, -0.15) is 13.2 Å². The van der Waals surface area contributed by atoms with Crippen molar-refractivity contribution in [2.75, 3.05) is 0 Å². The van der Waals surface area contributed by atoms with Gasteiger partial charge in [-0.1, -0.05) is 61.5 Å². The van der Waals surface area contributed by atoms with Gasteiger partial charge in [0.15, 0.2) is 5.76 Å². The smallest absolute Gasteiger partial charge is 0.423 e. The zero-order valence-corrected chi connectivity index (χ0v) is 19.4. The molecule has 0 aliphatic rings. The quantitative estimate of drug-likeness (QED) is 0.287. The summed E-state index contributed by atoms with van der Waals surface area (Å²) in [5, 5.41) is 17.9. The summed E-state index contributed by atoms with van der Waals surface area (Å²) in [7, 11) is 0. The van der Waals surface area contributed by atoms with Crippen molar-refractivity contribution in [3.05, 3.63) is 105 Å². The van der Waals surface area contributed by atoms with Crippen LogP contribution in [0.25, 0.3) is 22.3 Å². The van der Waals surface area contributed by atoms with Gasteiger partial charge in [-0.25, -0.2) is 4.79 Å². The molecule has 0 unspecified atom stereocenters. The maximum Gasteiger partial charge on any atom is 0.423 e. The fourth-order valence-electron chi connectivity index (χ4n) is 4.28. The molecule has 3 aromatic carbocycles. The largest absolute Gasteiger partial charge is 0.478 e. The molecule has 5 nitrogen and oxygen atoms in total. The minimum atomic E-state index is -4.94. The highest BCUT2D eigenvalue weighted by Gasteiger charge is 2.40. The van der Waals surface area contributed by atoms with E-state index in [1.807, 2.05) is 0 Å². The molecule has 184 valence electrons. The molecule has 0 amide bonds. The second-order valence-corrected chi connectivity index (χ2v) is 8.62. The van der Waals surface area contributed by atoms with Gasteiger partial charge in [-0.3, -0.25) is 4.79 Å². The van der Waals surface area contributed by atoms with Crippen molar-refractivity contribution < 1.29 is 27.5 Å². The van der Waals surface area contributed by atoms with Crippen molar-refractivity contribution in [2.24, 2.45) is 0 Å². The van der Waals surface area contributed by atoms with Crippen molar-refractivity contribution in [3.8, 4) is 11.3 Å². The van der Waals surface area contributed by atoms with E-state index in [9.17, 15) is 27.9 Å². The van der Waals surface area contributed by atoms with Gasteiger partial charge in [0.2, 0.25) is 5.43 Å². The maximum absolute atomic E-state index is 14.0. The van der Waals surface area contributed by atoms with Crippen LogP contribution in [0, 0.1) is 12.3 Å². The Hall–Kier alpha value is -4.20. The molecule has 8 heteroatoms. The van der Waals surface area contributed by atoms with Gasteiger partial charge in [0.05, 0.1) is 10.9 Å². The number of hydrogen-bond donors (Lipinski definition) is 2. The number of nitrogens with one attached hydrogen (secondary N) is 1. The Morgan fingerprint density at radius 1 is 1.06 bits per heavy atom. The SMILES string of the molecule is Cc1cc([C@@H](C)C(=N)Cc2ccccc2C(=O)O)c2oc(-c3ccccc3)c(C(F)(F)F)c(=O)c2c1. The van der Waals surface area contributed by atoms with E-state index in [0.29, 0.717) is 16.7 Å². The number of benzene rings is 3. The predicted octanol–water partition coefficient (Wildman–Crippen LogP) is 6.85. The molecule has 4 aromatic rings. The van der Waals surface area contributed by atoms with Gasteiger partial charge in [0, 0.05) is 29.2 Å². The van der Waals surface area contributed by atoms with Crippen molar-refractivity contribution in [2.45, 2.75) is 32.4 Å². The molecule has 0 aliphatic heterocycles. The van der Waals surface area contributed by atoms with E-state index in [1.54, 1.807) is 56.3 Å². The predicted molar refractivity (Wildman–Crippen MR) is 131 cm³/mol. The zero-order chi connectivity index (χ0) is 26.2. The molecule has 1 atom stereocenters. The number of hydrogen-bond acceptors (Lipinski definition) is 4. The monoisotopic (exact) mass is 493 g/mol. The molecule has 1 aromatic heterocycles. The highest BCUT2D eigenvalue weighted by molar-refractivity contribution is 5.97. The lowest BCUT2D eigenvalue weighted by atomic mass is 9.88. The Kier molecular flexibility index (Phi) is 6.54. The highest BCUT2D eigenvalue weighted by atomic mass is 19.4. The number of alkyl halides is 3. The summed E-state index contributed by atoms with van der Waals surface area (Å²) in [6.07, 6.45) is -4.93. The Morgan fingerprint density at radius 3 is 2.33 bits per heavy atom. The number of aryl methyl sites for hydroxylation is 1. The second-order valence-electron chi connectivity index (χ2n) is 8.62. The van der Waals surface area contributed by atoms with E-state index in [0.717, 1.165) is 0 Å². The molecule has 0 spiro atoms. The minimum Gasteiger partial charge on any atom is -0.478 e. The van der Waals surface area contributed by atoms with Gasteiger partial charge in [-0.05, 0) is 30.2 Å². The number of rotatable bonds is 6. The zero-order valence-electron chi connectivity index (χ0n) is 19.4. The molecule has 4 rings (SSSR count). The lowest BCUT2D eigenvalue weighted by Crippen LogP contribution is -2.22. The first-order valence-electron chi connectivity index (χ1n) is 11.1. The van der Waals surface area contributed by atoms with Crippen LogP contribution in [0.5, 0.6) is 0 Å². The highest BCUT2D eigenvalue weighted by Crippen LogP contribution is 2.39. The summed E-state index contributed by atoms with van der Waals surface area (Å²) in [6.45, 7) is 3.33. The fraction of sp³-hybridized carbons (Fsp3) is 0.179. The van der Waals surface area contributed by atoms with E-state index in [1.165, 1.54) is 24.3 Å². The number of halogens is 3. The average Bonchev–Trinajstić information content (AvgIpc) is 2.83. The lowest BCUT2D eigenvalue weighted by molar-refractivity contribution is -0.138. The summed E-state index contributed by atoms with van der Waals surface area (Å²) >= 11 is 0. The molecule has 36 heavy (non-hydrogen) atoms. The summed E-state index contributed by atoms with van der Waals surface area (Å²) in [4.78, 5) is 24.8. The number of carboxylic acid groups (broad SMARTS) is 1. The van der Waals surface area contributed by atoms with Crippen molar-refractivity contribution in [3.63, 3.8) is 0 Å². The van der Waals surface area contributed by atoms with Crippen LogP contribution in [0.3, 0.4) is 0 Å². The van der Waals surface area contributed by atoms with Crippen LogP contribution < -0.4 is 5.43 Å². The van der Waals surface area contributed by atoms with Crippen molar-refractivity contribution >= 4 is 22.7 Å². The maximum atomic E-state index is 14.0. The van der Waals surface area contributed by atoms with Crippen LogP contribution in [-0.2, 0) is 12.6 Å². The molecule has 0 saturated heterocycles. The summed E-state index contributed by atoms with van der Waals surface area (Å²) in [5.41, 5.74) is -0.949. The van der Waals surface area contributed by atoms with Crippen LogP contribution in [-0.4, -0.2) is 16.8 Å². The molecule has 0 fully saturated rings. The minimum absolute atomic E-state index is 0.00941. The summed E-state index contributed by atoms with van der Waals surface area (Å²) in [5.74, 6) is -2.37. The van der Waals surface area contributed by atoms with E-state index < -0.39 is 34.8 Å². The second kappa shape index (κ2) is 9.45. The topological polar surface area (TPSA) is 91.4 Å². The van der Waals surface area contributed by atoms with Crippen LogP contribution in [0.4, 0.5) is 13.2 Å². The first-order valence-corrected chi connectivity index (χ1v) is 11.1. The first-order chi connectivity index (χ1) is 17.0. The third-order valence-corrected chi connectivity index (χ3v) is 6.10. The van der Waals surface area contributed by atoms with E-state index in [2.05, 4.69) is 0 Å². The Morgan fingerprint density at radius 2 is 1.69 bits per heavy atom. The summed E-state index contributed by atoms with van der Waals surface area (Å²) in [6, 6.07) is 17.0. The summed E-state index contributed by atoms with van der Waals surface area (Å²) < 4.78 is 47.9. The van der Waals surface area contributed by atoms with E-state index in [-0.39, 0.29) is 34.2 Å². The molecule has 2 N–H and O–H groups in total. The normalized spacial score (nSPS) is 12.5. The Balaban J connectivity index is 1.91. The van der Waals surface area contributed by atoms with Gasteiger partial charge in [0.1, 0.15) is 11.1 Å². The molecule has 0 bridgehead atoms. The van der Waals surface area contributed by atoms with Gasteiger partial charge in [-0.15, -0.1) is 0 Å². The van der Waals surface area contributed by atoms with Gasteiger partial charge in [0.25, 0.3) is 0 Å². The molecular formula is C28H22F3NO4. The Bertz CT molecular complexity index is 1540. The number of carboxylic acids is 1. The third-order valence-electron chi connectivity index (χ3n) is 6.10. The first kappa shape index (κ1) is 24.9. The Labute approximate surface area is 204 Å². The molecule has 0 radical (unpaired) electrons. The van der Waals surface area contributed by atoms with Crippen LogP contribution in [0.2, 0.25) is 0 Å².